The molecule has 2 aromatic carbocycles. The molecular formula is C20H25NO2. The fourth-order valence-corrected chi connectivity index (χ4v) is 2.36. The van der Waals surface area contributed by atoms with Gasteiger partial charge in [0.25, 0.3) is 5.91 Å². The van der Waals surface area contributed by atoms with E-state index >= 15 is 0 Å². The van der Waals surface area contributed by atoms with Crippen molar-refractivity contribution in [1.29, 1.82) is 0 Å². The lowest BCUT2D eigenvalue weighted by Gasteiger charge is -2.14. The minimum atomic E-state index is -0.0786. The summed E-state index contributed by atoms with van der Waals surface area (Å²) < 4.78 is 5.69. The minimum absolute atomic E-state index is 0.0467. The van der Waals surface area contributed by atoms with Crippen molar-refractivity contribution in [2.45, 2.75) is 39.7 Å². The van der Waals surface area contributed by atoms with Gasteiger partial charge in [0, 0.05) is 6.54 Å². The number of benzene rings is 2. The third-order valence-electron chi connectivity index (χ3n) is 3.54. The average molecular weight is 311 g/mol. The average Bonchev–Trinajstić information content (AvgIpc) is 2.53. The summed E-state index contributed by atoms with van der Waals surface area (Å²) in [5.74, 6) is 0.559. The largest absolute Gasteiger partial charge is 0.490 e. The second-order valence-corrected chi connectivity index (χ2v) is 6.01. The third-order valence-corrected chi connectivity index (χ3v) is 3.54. The summed E-state index contributed by atoms with van der Waals surface area (Å²) in [5, 5.41) is 2.98. The molecular weight excluding hydrogens is 286 g/mol. The second-order valence-electron chi connectivity index (χ2n) is 6.01. The summed E-state index contributed by atoms with van der Waals surface area (Å²) >= 11 is 0. The highest BCUT2D eigenvalue weighted by atomic mass is 16.5. The Morgan fingerprint density at radius 1 is 1.09 bits per heavy atom. The maximum Gasteiger partial charge on any atom is 0.255 e. The molecule has 0 saturated carbocycles. The maximum atomic E-state index is 12.3. The molecule has 0 atom stereocenters. The Hall–Kier alpha value is -2.29. The number of hydrogen-bond donors (Lipinski definition) is 1. The van der Waals surface area contributed by atoms with E-state index < -0.39 is 0 Å². The number of hydrogen-bond acceptors (Lipinski definition) is 2. The van der Waals surface area contributed by atoms with Crippen molar-refractivity contribution in [2.75, 3.05) is 6.54 Å². The van der Waals surface area contributed by atoms with Crippen LogP contribution in [-0.2, 0) is 6.42 Å². The Balaban J connectivity index is 1.84. The number of para-hydroxylation sites is 1. The zero-order valence-electron chi connectivity index (χ0n) is 14.1. The standard InChI is InChI=1S/C20H25NO2/c1-15(2)23-19-9-5-4-8-18(19)20(22)21-14-6-7-17-12-10-16(3)11-13-17/h4-5,8-13,15H,6-7,14H2,1-3H3,(H,21,22). The molecule has 0 saturated heterocycles. The van der Waals surface area contributed by atoms with Crippen LogP contribution in [0.5, 0.6) is 5.75 Å². The highest BCUT2D eigenvalue weighted by Gasteiger charge is 2.12. The predicted molar refractivity (Wildman–Crippen MR) is 94.0 cm³/mol. The summed E-state index contributed by atoms with van der Waals surface area (Å²) in [4.78, 5) is 12.3. The van der Waals surface area contributed by atoms with Crippen LogP contribution in [0.1, 0.15) is 41.8 Å². The highest BCUT2D eigenvalue weighted by Crippen LogP contribution is 2.19. The van der Waals surface area contributed by atoms with E-state index in [0.717, 1.165) is 12.8 Å². The molecule has 3 nitrogen and oxygen atoms in total. The van der Waals surface area contributed by atoms with Crippen molar-refractivity contribution >= 4 is 5.91 Å². The number of nitrogens with one attached hydrogen (secondary N) is 1. The first-order chi connectivity index (χ1) is 11.1. The second kappa shape index (κ2) is 8.37. The van der Waals surface area contributed by atoms with Gasteiger partial charge in [-0.05, 0) is 51.3 Å². The molecule has 3 heteroatoms. The van der Waals surface area contributed by atoms with Crippen LogP contribution < -0.4 is 10.1 Å². The van der Waals surface area contributed by atoms with Crippen LogP contribution in [0, 0.1) is 6.92 Å². The van der Waals surface area contributed by atoms with E-state index in [1.54, 1.807) is 6.07 Å². The quantitative estimate of drug-likeness (QED) is 0.780. The number of rotatable bonds is 7. The molecule has 0 spiro atoms. The molecule has 2 rings (SSSR count). The van der Waals surface area contributed by atoms with Crippen LogP contribution >= 0.6 is 0 Å². The highest BCUT2D eigenvalue weighted by molar-refractivity contribution is 5.96. The summed E-state index contributed by atoms with van der Waals surface area (Å²) in [7, 11) is 0. The summed E-state index contributed by atoms with van der Waals surface area (Å²) in [6.07, 6.45) is 1.93. The molecule has 0 radical (unpaired) electrons. The lowest BCUT2D eigenvalue weighted by Crippen LogP contribution is -2.25. The molecule has 0 unspecified atom stereocenters. The zero-order chi connectivity index (χ0) is 16.7. The Bertz CT molecular complexity index is 632. The molecule has 1 N–H and O–H groups in total. The van der Waals surface area contributed by atoms with Crippen LogP contribution in [0.15, 0.2) is 48.5 Å². The summed E-state index contributed by atoms with van der Waals surface area (Å²) in [5.41, 5.74) is 3.16. The SMILES string of the molecule is Cc1ccc(CCCNC(=O)c2ccccc2OC(C)C)cc1. The minimum Gasteiger partial charge on any atom is -0.490 e. The Morgan fingerprint density at radius 3 is 2.48 bits per heavy atom. The molecule has 2 aromatic rings. The zero-order valence-corrected chi connectivity index (χ0v) is 14.1. The lowest BCUT2D eigenvalue weighted by atomic mass is 10.1. The van der Waals surface area contributed by atoms with E-state index in [-0.39, 0.29) is 12.0 Å². The summed E-state index contributed by atoms with van der Waals surface area (Å²) in [6, 6.07) is 15.9. The lowest BCUT2D eigenvalue weighted by molar-refractivity contribution is 0.0947. The van der Waals surface area contributed by atoms with Crippen LogP contribution in [-0.4, -0.2) is 18.6 Å². The van der Waals surface area contributed by atoms with Gasteiger partial charge in [-0.3, -0.25) is 4.79 Å². The van der Waals surface area contributed by atoms with Gasteiger partial charge in [-0.15, -0.1) is 0 Å². The van der Waals surface area contributed by atoms with Crippen molar-refractivity contribution in [3.8, 4) is 5.75 Å². The van der Waals surface area contributed by atoms with Gasteiger partial charge in [0.15, 0.2) is 0 Å². The Labute approximate surface area is 138 Å². The molecule has 0 aliphatic carbocycles. The topological polar surface area (TPSA) is 38.3 Å². The van der Waals surface area contributed by atoms with Gasteiger partial charge in [0.05, 0.1) is 11.7 Å². The Morgan fingerprint density at radius 2 is 1.78 bits per heavy atom. The first-order valence-corrected chi connectivity index (χ1v) is 8.15. The van der Waals surface area contributed by atoms with Gasteiger partial charge in [-0.2, -0.15) is 0 Å². The van der Waals surface area contributed by atoms with Crippen LogP contribution in [0.4, 0.5) is 0 Å². The fourth-order valence-electron chi connectivity index (χ4n) is 2.36. The van der Waals surface area contributed by atoms with Gasteiger partial charge in [0.1, 0.15) is 5.75 Å². The van der Waals surface area contributed by atoms with Gasteiger partial charge in [0.2, 0.25) is 0 Å². The van der Waals surface area contributed by atoms with Crippen molar-refractivity contribution in [1.82, 2.24) is 5.32 Å². The van der Waals surface area contributed by atoms with Crippen LogP contribution in [0.25, 0.3) is 0 Å². The van der Waals surface area contributed by atoms with Gasteiger partial charge in [-0.25, -0.2) is 0 Å². The number of ether oxygens (including phenoxy) is 1. The van der Waals surface area contributed by atoms with Crippen molar-refractivity contribution in [2.24, 2.45) is 0 Å². The first-order valence-electron chi connectivity index (χ1n) is 8.15. The number of aryl methyl sites for hydroxylation is 2. The smallest absolute Gasteiger partial charge is 0.255 e. The van der Waals surface area contributed by atoms with Gasteiger partial charge in [-0.1, -0.05) is 42.0 Å². The molecule has 0 fully saturated rings. The molecule has 0 aliphatic rings. The van der Waals surface area contributed by atoms with E-state index in [0.29, 0.717) is 17.9 Å². The van der Waals surface area contributed by atoms with Crippen molar-refractivity contribution in [3.05, 3.63) is 65.2 Å². The van der Waals surface area contributed by atoms with E-state index in [1.807, 2.05) is 32.0 Å². The van der Waals surface area contributed by atoms with E-state index in [9.17, 15) is 4.79 Å². The molecule has 0 heterocycles. The summed E-state index contributed by atoms with van der Waals surface area (Å²) in [6.45, 7) is 6.65. The molecule has 0 bridgehead atoms. The molecule has 0 aliphatic heterocycles. The normalized spacial score (nSPS) is 10.6. The number of carbonyl (C=O) groups excluding carboxylic acids is 1. The molecule has 122 valence electrons. The molecule has 0 aromatic heterocycles. The Kier molecular flexibility index (Phi) is 6.21. The third kappa shape index (κ3) is 5.44. The first kappa shape index (κ1) is 17.1. The van der Waals surface area contributed by atoms with E-state index in [4.69, 9.17) is 4.74 Å². The monoisotopic (exact) mass is 311 g/mol. The number of amides is 1. The number of carbonyl (C=O) groups is 1. The van der Waals surface area contributed by atoms with E-state index in [2.05, 4.69) is 36.5 Å². The predicted octanol–water partition coefficient (Wildman–Crippen LogP) is 4.14. The van der Waals surface area contributed by atoms with Crippen molar-refractivity contribution in [3.63, 3.8) is 0 Å². The van der Waals surface area contributed by atoms with Crippen LogP contribution in [0.2, 0.25) is 0 Å². The van der Waals surface area contributed by atoms with E-state index in [1.165, 1.54) is 11.1 Å². The van der Waals surface area contributed by atoms with Crippen LogP contribution in [0.3, 0.4) is 0 Å². The molecule has 23 heavy (non-hydrogen) atoms. The molecule has 1 amide bonds. The maximum absolute atomic E-state index is 12.3. The van der Waals surface area contributed by atoms with Gasteiger partial charge < -0.3 is 10.1 Å². The fraction of sp³-hybridized carbons (Fsp3) is 0.350. The van der Waals surface area contributed by atoms with Gasteiger partial charge >= 0.3 is 0 Å². The van der Waals surface area contributed by atoms with Crippen molar-refractivity contribution < 1.29 is 9.53 Å².